The molecule has 3 amide bonds. The van der Waals surface area contributed by atoms with E-state index in [0.29, 0.717) is 24.4 Å². The summed E-state index contributed by atoms with van der Waals surface area (Å²) in [6.07, 6.45) is 0.961. The van der Waals surface area contributed by atoms with Gasteiger partial charge >= 0.3 is 6.03 Å². The summed E-state index contributed by atoms with van der Waals surface area (Å²) in [4.78, 5) is 26.8. The van der Waals surface area contributed by atoms with Crippen molar-refractivity contribution in [2.24, 2.45) is 0 Å². The van der Waals surface area contributed by atoms with Crippen molar-refractivity contribution in [3.8, 4) is 0 Å². The molecule has 0 saturated carbocycles. The van der Waals surface area contributed by atoms with E-state index < -0.39 is 0 Å². The molecule has 7 heteroatoms. The Labute approximate surface area is 149 Å². The molecule has 0 bridgehead atoms. The number of anilines is 1. The second-order valence-electron chi connectivity index (χ2n) is 6.20. The maximum Gasteiger partial charge on any atom is 0.319 e. The van der Waals surface area contributed by atoms with Gasteiger partial charge in [0.1, 0.15) is 0 Å². The van der Waals surface area contributed by atoms with Gasteiger partial charge in [0.2, 0.25) is 0 Å². The van der Waals surface area contributed by atoms with E-state index in [9.17, 15) is 9.59 Å². The van der Waals surface area contributed by atoms with Crippen LogP contribution in [-0.4, -0.2) is 62.8 Å². The summed E-state index contributed by atoms with van der Waals surface area (Å²) < 4.78 is 4.93. The van der Waals surface area contributed by atoms with E-state index in [1.54, 1.807) is 25.3 Å². The average Bonchev–Trinajstić information content (AvgIpc) is 3.04. The molecule has 0 radical (unpaired) electrons. The topological polar surface area (TPSA) is 82.7 Å². The van der Waals surface area contributed by atoms with Gasteiger partial charge in [0, 0.05) is 44.0 Å². The van der Waals surface area contributed by atoms with Crippen LogP contribution in [0.5, 0.6) is 0 Å². The number of hydrogen-bond acceptors (Lipinski definition) is 4. The Kier molecular flexibility index (Phi) is 7.21. The highest BCUT2D eigenvalue weighted by Crippen LogP contribution is 2.19. The van der Waals surface area contributed by atoms with Gasteiger partial charge in [0.05, 0.1) is 6.61 Å². The minimum absolute atomic E-state index is 0.167. The molecule has 1 aromatic rings. The summed E-state index contributed by atoms with van der Waals surface area (Å²) in [7, 11) is 1.59. The minimum atomic E-state index is -0.233. The summed E-state index contributed by atoms with van der Waals surface area (Å²) in [5.41, 5.74) is 1.93. The van der Waals surface area contributed by atoms with Crippen molar-refractivity contribution in [1.82, 2.24) is 15.5 Å². The van der Waals surface area contributed by atoms with Crippen molar-refractivity contribution in [2.45, 2.75) is 26.3 Å². The van der Waals surface area contributed by atoms with E-state index >= 15 is 0 Å². The molecule has 7 nitrogen and oxygen atoms in total. The molecule has 1 heterocycles. The summed E-state index contributed by atoms with van der Waals surface area (Å²) in [6, 6.07) is 5.25. The van der Waals surface area contributed by atoms with Gasteiger partial charge < -0.3 is 25.6 Å². The van der Waals surface area contributed by atoms with E-state index in [1.807, 2.05) is 6.92 Å². The zero-order valence-electron chi connectivity index (χ0n) is 15.2. The Morgan fingerprint density at radius 2 is 2.16 bits per heavy atom. The Balaban J connectivity index is 1.94. The van der Waals surface area contributed by atoms with Crippen LogP contribution in [0.1, 0.15) is 29.3 Å². The van der Waals surface area contributed by atoms with Gasteiger partial charge in [0.15, 0.2) is 0 Å². The quantitative estimate of drug-likeness (QED) is 0.654. The highest BCUT2D eigenvalue weighted by atomic mass is 16.5. The van der Waals surface area contributed by atoms with Crippen LogP contribution in [-0.2, 0) is 4.74 Å². The SMILES string of the molecule is CCN1CC[C@H](NC(=O)Nc2cccc(C(=O)NCCOC)c2C)C1. The van der Waals surface area contributed by atoms with Crippen molar-refractivity contribution >= 4 is 17.6 Å². The molecule has 2 rings (SSSR count). The van der Waals surface area contributed by atoms with E-state index in [4.69, 9.17) is 4.74 Å². The normalized spacial score (nSPS) is 17.3. The monoisotopic (exact) mass is 348 g/mol. The highest BCUT2D eigenvalue weighted by molar-refractivity contribution is 5.99. The first kappa shape index (κ1) is 19.2. The van der Waals surface area contributed by atoms with Crippen LogP contribution in [0.25, 0.3) is 0 Å². The molecular formula is C18H28N4O3. The Morgan fingerprint density at radius 3 is 2.84 bits per heavy atom. The zero-order valence-corrected chi connectivity index (χ0v) is 15.2. The number of likely N-dealkylation sites (tertiary alicyclic amines) is 1. The summed E-state index contributed by atoms with van der Waals surface area (Å²) in [5.74, 6) is -0.173. The predicted octanol–water partition coefficient (Wildman–Crippen LogP) is 1.59. The summed E-state index contributed by atoms with van der Waals surface area (Å²) in [5, 5.41) is 8.65. The molecule has 1 aliphatic rings. The number of amides is 3. The lowest BCUT2D eigenvalue weighted by Crippen LogP contribution is -2.39. The molecule has 1 aromatic carbocycles. The molecule has 138 valence electrons. The average molecular weight is 348 g/mol. The standard InChI is InChI=1S/C18H28N4O3/c1-4-22-10-8-14(12-22)20-18(24)21-16-7-5-6-15(13(16)2)17(23)19-9-11-25-3/h5-7,14H,4,8-12H2,1-3H3,(H,19,23)(H2,20,21,24)/t14-/m0/s1. The molecule has 25 heavy (non-hydrogen) atoms. The minimum Gasteiger partial charge on any atom is -0.383 e. The van der Waals surface area contributed by atoms with Crippen LogP contribution in [0.15, 0.2) is 18.2 Å². The molecule has 0 aliphatic carbocycles. The number of carbonyl (C=O) groups excluding carboxylic acids is 2. The third-order valence-electron chi connectivity index (χ3n) is 4.47. The number of carbonyl (C=O) groups is 2. The number of nitrogens with one attached hydrogen (secondary N) is 3. The van der Waals surface area contributed by atoms with E-state index in [2.05, 4.69) is 27.8 Å². The molecule has 0 spiro atoms. The lowest BCUT2D eigenvalue weighted by molar-refractivity contribution is 0.0936. The largest absolute Gasteiger partial charge is 0.383 e. The van der Waals surface area contributed by atoms with Crippen LogP contribution in [0, 0.1) is 6.92 Å². The molecule has 1 saturated heterocycles. The fraction of sp³-hybridized carbons (Fsp3) is 0.556. The van der Waals surface area contributed by atoms with Gasteiger partial charge in [-0.25, -0.2) is 4.79 Å². The maximum atomic E-state index is 12.2. The van der Waals surface area contributed by atoms with E-state index in [-0.39, 0.29) is 18.0 Å². The number of urea groups is 1. The number of rotatable bonds is 7. The molecule has 1 aliphatic heterocycles. The third kappa shape index (κ3) is 5.44. The van der Waals surface area contributed by atoms with Crippen molar-refractivity contribution in [3.63, 3.8) is 0 Å². The van der Waals surface area contributed by atoms with Crippen molar-refractivity contribution in [2.75, 3.05) is 45.2 Å². The molecular weight excluding hydrogens is 320 g/mol. The van der Waals surface area contributed by atoms with Crippen LogP contribution >= 0.6 is 0 Å². The lowest BCUT2D eigenvalue weighted by Gasteiger charge is -2.17. The molecule has 1 atom stereocenters. The fourth-order valence-electron chi connectivity index (χ4n) is 2.96. The Bertz CT molecular complexity index is 606. The van der Waals surface area contributed by atoms with Crippen molar-refractivity contribution in [1.29, 1.82) is 0 Å². The van der Waals surface area contributed by atoms with Crippen molar-refractivity contribution in [3.05, 3.63) is 29.3 Å². The Morgan fingerprint density at radius 1 is 1.36 bits per heavy atom. The van der Waals surface area contributed by atoms with Gasteiger partial charge in [-0.3, -0.25) is 4.79 Å². The van der Waals surface area contributed by atoms with Crippen molar-refractivity contribution < 1.29 is 14.3 Å². The first-order valence-electron chi connectivity index (χ1n) is 8.71. The predicted molar refractivity (Wildman–Crippen MR) is 98.1 cm³/mol. The zero-order chi connectivity index (χ0) is 18.2. The smallest absolute Gasteiger partial charge is 0.319 e. The first-order valence-corrected chi connectivity index (χ1v) is 8.71. The number of methoxy groups -OCH3 is 1. The van der Waals surface area contributed by atoms with Gasteiger partial charge in [-0.1, -0.05) is 13.0 Å². The highest BCUT2D eigenvalue weighted by Gasteiger charge is 2.22. The van der Waals surface area contributed by atoms with E-state index in [1.165, 1.54) is 0 Å². The lowest BCUT2D eigenvalue weighted by atomic mass is 10.1. The van der Waals surface area contributed by atoms with Crippen LogP contribution in [0.3, 0.4) is 0 Å². The fourth-order valence-corrected chi connectivity index (χ4v) is 2.96. The second-order valence-corrected chi connectivity index (χ2v) is 6.20. The van der Waals surface area contributed by atoms with Crippen LogP contribution in [0.4, 0.5) is 10.5 Å². The van der Waals surface area contributed by atoms with Gasteiger partial charge in [-0.05, 0) is 37.6 Å². The molecule has 1 fully saturated rings. The first-order chi connectivity index (χ1) is 12.0. The maximum absolute atomic E-state index is 12.2. The van der Waals surface area contributed by atoms with Crippen LogP contribution in [0.2, 0.25) is 0 Å². The number of likely N-dealkylation sites (N-methyl/N-ethyl adjacent to an activating group) is 1. The van der Waals surface area contributed by atoms with Gasteiger partial charge in [0.25, 0.3) is 5.91 Å². The summed E-state index contributed by atoms with van der Waals surface area (Å²) >= 11 is 0. The molecule has 0 unspecified atom stereocenters. The third-order valence-corrected chi connectivity index (χ3v) is 4.47. The molecule has 0 aromatic heterocycles. The van der Waals surface area contributed by atoms with Crippen LogP contribution < -0.4 is 16.0 Å². The van der Waals surface area contributed by atoms with Gasteiger partial charge in [-0.2, -0.15) is 0 Å². The second kappa shape index (κ2) is 9.39. The number of ether oxygens (including phenoxy) is 1. The van der Waals surface area contributed by atoms with E-state index in [0.717, 1.165) is 31.6 Å². The number of hydrogen-bond donors (Lipinski definition) is 3. The number of benzene rings is 1. The Hall–Kier alpha value is -2.12. The molecule has 3 N–H and O–H groups in total. The summed E-state index contributed by atoms with van der Waals surface area (Å²) in [6.45, 7) is 7.75. The van der Waals surface area contributed by atoms with Gasteiger partial charge in [-0.15, -0.1) is 0 Å². The number of nitrogens with zero attached hydrogens (tertiary/aromatic N) is 1.